The predicted molar refractivity (Wildman–Crippen MR) is 73.7 cm³/mol. The zero-order chi connectivity index (χ0) is 15.1. The SMILES string of the molecule is CCC1CC2C(=O)N(c3ccc(C(=O)O)cn3)C(=O)C2C1. The molecular formula is C15H16N2O4. The molecule has 1 aromatic rings. The van der Waals surface area contributed by atoms with Crippen LogP contribution in [0.2, 0.25) is 0 Å². The highest BCUT2D eigenvalue weighted by molar-refractivity contribution is 6.21. The second-order valence-corrected chi connectivity index (χ2v) is 5.68. The lowest BCUT2D eigenvalue weighted by molar-refractivity contribution is -0.123. The number of pyridine rings is 1. The summed E-state index contributed by atoms with van der Waals surface area (Å²) in [5, 5.41) is 8.85. The van der Waals surface area contributed by atoms with E-state index >= 15 is 0 Å². The number of carboxylic acid groups (broad SMARTS) is 1. The summed E-state index contributed by atoms with van der Waals surface area (Å²) in [6, 6.07) is 2.77. The van der Waals surface area contributed by atoms with Crippen LogP contribution >= 0.6 is 0 Å². The normalized spacial score (nSPS) is 28.0. The number of anilines is 1. The lowest BCUT2D eigenvalue weighted by atomic mass is 10.00. The molecular weight excluding hydrogens is 272 g/mol. The fraction of sp³-hybridized carbons (Fsp3) is 0.467. The number of carbonyl (C=O) groups excluding carboxylic acids is 2. The standard InChI is InChI=1S/C15H16N2O4/c1-2-8-5-10-11(6-8)14(19)17(13(10)18)12-4-3-9(7-16-12)15(20)21/h3-4,7-8,10-11H,2,5-6H2,1H3,(H,20,21). The molecule has 3 rings (SSSR count). The first-order chi connectivity index (χ1) is 10.0. The van der Waals surface area contributed by atoms with Gasteiger partial charge in [-0.2, -0.15) is 0 Å². The van der Waals surface area contributed by atoms with E-state index in [4.69, 9.17) is 5.11 Å². The van der Waals surface area contributed by atoms with Crippen molar-refractivity contribution in [2.24, 2.45) is 17.8 Å². The summed E-state index contributed by atoms with van der Waals surface area (Å²) in [7, 11) is 0. The van der Waals surface area contributed by atoms with Crippen molar-refractivity contribution in [3.8, 4) is 0 Å². The van der Waals surface area contributed by atoms with E-state index in [0.717, 1.165) is 24.2 Å². The van der Waals surface area contributed by atoms with Gasteiger partial charge in [0.1, 0.15) is 5.82 Å². The van der Waals surface area contributed by atoms with Crippen molar-refractivity contribution in [2.75, 3.05) is 4.90 Å². The summed E-state index contributed by atoms with van der Waals surface area (Å²) in [5.74, 6) is -1.29. The Bertz CT molecular complexity index is 587. The quantitative estimate of drug-likeness (QED) is 0.855. The van der Waals surface area contributed by atoms with Crippen molar-refractivity contribution in [1.82, 2.24) is 4.98 Å². The Morgan fingerprint density at radius 1 is 1.29 bits per heavy atom. The molecule has 0 spiro atoms. The van der Waals surface area contributed by atoms with Crippen LogP contribution in [0.15, 0.2) is 18.3 Å². The first-order valence-electron chi connectivity index (χ1n) is 7.10. The van der Waals surface area contributed by atoms with Gasteiger partial charge in [-0.25, -0.2) is 14.7 Å². The smallest absolute Gasteiger partial charge is 0.337 e. The first kappa shape index (κ1) is 13.7. The van der Waals surface area contributed by atoms with Crippen LogP contribution in [0.1, 0.15) is 36.5 Å². The van der Waals surface area contributed by atoms with Gasteiger partial charge in [0.05, 0.1) is 17.4 Å². The number of rotatable bonds is 3. The van der Waals surface area contributed by atoms with Crippen LogP contribution in [-0.4, -0.2) is 27.9 Å². The molecule has 1 aliphatic heterocycles. The number of hydrogen-bond acceptors (Lipinski definition) is 4. The average Bonchev–Trinajstić information content (AvgIpc) is 3.00. The van der Waals surface area contributed by atoms with Gasteiger partial charge in [0.15, 0.2) is 0 Å². The van der Waals surface area contributed by atoms with Gasteiger partial charge in [0, 0.05) is 6.20 Å². The monoisotopic (exact) mass is 288 g/mol. The van der Waals surface area contributed by atoms with E-state index in [0.29, 0.717) is 5.92 Å². The second kappa shape index (κ2) is 4.95. The third-order valence-electron chi connectivity index (χ3n) is 4.54. The van der Waals surface area contributed by atoms with Crippen LogP contribution in [0.5, 0.6) is 0 Å². The largest absolute Gasteiger partial charge is 0.478 e. The zero-order valence-corrected chi connectivity index (χ0v) is 11.7. The van der Waals surface area contributed by atoms with Crippen molar-refractivity contribution in [3.05, 3.63) is 23.9 Å². The summed E-state index contributed by atoms with van der Waals surface area (Å²) in [6.45, 7) is 2.07. The molecule has 2 unspecified atom stereocenters. The van der Waals surface area contributed by atoms with Crippen molar-refractivity contribution >= 4 is 23.6 Å². The van der Waals surface area contributed by atoms with Crippen LogP contribution in [0.4, 0.5) is 5.82 Å². The molecule has 0 radical (unpaired) electrons. The Labute approximate surface area is 121 Å². The van der Waals surface area contributed by atoms with Crippen LogP contribution in [0, 0.1) is 17.8 Å². The molecule has 1 saturated carbocycles. The average molecular weight is 288 g/mol. The van der Waals surface area contributed by atoms with Crippen molar-refractivity contribution in [2.45, 2.75) is 26.2 Å². The number of imide groups is 1. The summed E-state index contributed by atoms with van der Waals surface area (Å²) in [4.78, 5) is 40.7. The van der Waals surface area contributed by atoms with Crippen molar-refractivity contribution in [1.29, 1.82) is 0 Å². The van der Waals surface area contributed by atoms with E-state index in [9.17, 15) is 14.4 Å². The Morgan fingerprint density at radius 2 is 1.90 bits per heavy atom. The highest BCUT2D eigenvalue weighted by atomic mass is 16.4. The maximum absolute atomic E-state index is 12.4. The van der Waals surface area contributed by atoms with Crippen LogP contribution < -0.4 is 4.90 Å². The molecule has 1 N–H and O–H groups in total. The van der Waals surface area contributed by atoms with Gasteiger partial charge < -0.3 is 5.11 Å². The minimum Gasteiger partial charge on any atom is -0.478 e. The predicted octanol–water partition coefficient (Wildman–Crippen LogP) is 1.71. The third kappa shape index (κ3) is 2.11. The Kier molecular flexibility index (Phi) is 3.23. The second-order valence-electron chi connectivity index (χ2n) is 5.68. The molecule has 2 atom stereocenters. The molecule has 1 saturated heterocycles. The maximum atomic E-state index is 12.4. The van der Waals surface area contributed by atoms with Gasteiger partial charge in [-0.15, -0.1) is 0 Å². The Balaban J connectivity index is 1.86. The molecule has 6 nitrogen and oxygen atoms in total. The lowest BCUT2D eigenvalue weighted by Crippen LogP contribution is -2.33. The van der Waals surface area contributed by atoms with E-state index in [1.165, 1.54) is 18.3 Å². The van der Waals surface area contributed by atoms with Gasteiger partial charge in [0.2, 0.25) is 11.8 Å². The molecule has 21 heavy (non-hydrogen) atoms. The fourth-order valence-electron chi connectivity index (χ4n) is 3.33. The highest BCUT2D eigenvalue weighted by Crippen LogP contribution is 2.45. The van der Waals surface area contributed by atoms with E-state index < -0.39 is 5.97 Å². The highest BCUT2D eigenvalue weighted by Gasteiger charge is 2.53. The molecule has 0 aromatic carbocycles. The first-order valence-corrected chi connectivity index (χ1v) is 7.10. The van der Waals surface area contributed by atoms with Gasteiger partial charge in [-0.3, -0.25) is 9.59 Å². The summed E-state index contributed by atoms with van der Waals surface area (Å²) in [5.41, 5.74) is 0.0316. The van der Waals surface area contributed by atoms with Gasteiger partial charge >= 0.3 is 5.97 Å². The third-order valence-corrected chi connectivity index (χ3v) is 4.54. The molecule has 1 aliphatic carbocycles. The summed E-state index contributed by atoms with van der Waals surface area (Å²) >= 11 is 0. The Morgan fingerprint density at radius 3 is 2.33 bits per heavy atom. The number of carboxylic acids is 1. The zero-order valence-electron chi connectivity index (χ0n) is 11.7. The number of carbonyl (C=O) groups is 3. The number of nitrogens with zero attached hydrogens (tertiary/aromatic N) is 2. The lowest BCUT2D eigenvalue weighted by Gasteiger charge is -2.16. The van der Waals surface area contributed by atoms with E-state index in [2.05, 4.69) is 11.9 Å². The maximum Gasteiger partial charge on any atom is 0.337 e. The summed E-state index contributed by atoms with van der Waals surface area (Å²) in [6.07, 6.45) is 3.67. The molecule has 6 heteroatoms. The molecule has 0 bridgehead atoms. The number of aromatic nitrogens is 1. The van der Waals surface area contributed by atoms with Crippen LogP contribution in [-0.2, 0) is 9.59 Å². The number of aromatic carboxylic acids is 1. The number of hydrogen-bond donors (Lipinski definition) is 1. The van der Waals surface area contributed by atoms with E-state index in [1.807, 2.05) is 0 Å². The minimum absolute atomic E-state index is 0.0316. The number of fused-ring (bicyclic) bond motifs is 1. The van der Waals surface area contributed by atoms with Crippen LogP contribution in [0.25, 0.3) is 0 Å². The van der Waals surface area contributed by atoms with Crippen LogP contribution in [0.3, 0.4) is 0 Å². The molecule has 110 valence electrons. The van der Waals surface area contributed by atoms with Gasteiger partial charge in [-0.05, 0) is 30.9 Å². The molecule has 2 fully saturated rings. The topological polar surface area (TPSA) is 87.6 Å². The van der Waals surface area contributed by atoms with E-state index in [1.54, 1.807) is 0 Å². The minimum atomic E-state index is -1.09. The van der Waals surface area contributed by atoms with E-state index in [-0.39, 0.29) is 35.0 Å². The van der Waals surface area contributed by atoms with Gasteiger partial charge in [-0.1, -0.05) is 13.3 Å². The van der Waals surface area contributed by atoms with Crippen molar-refractivity contribution < 1.29 is 19.5 Å². The van der Waals surface area contributed by atoms with Crippen molar-refractivity contribution in [3.63, 3.8) is 0 Å². The summed E-state index contributed by atoms with van der Waals surface area (Å²) < 4.78 is 0. The molecule has 2 aliphatic rings. The molecule has 2 amide bonds. The van der Waals surface area contributed by atoms with Gasteiger partial charge in [0.25, 0.3) is 0 Å². The fourth-order valence-corrected chi connectivity index (χ4v) is 3.33. The number of amides is 2. The molecule has 2 heterocycles. The molecule has 1 aromatic heterocycles. The Hall–Kier alpha value is -2.24.